The summed E-state index contributed by atoms with van der Waals surface area (Å²) in [6.45, 7) is 4.14. The highest BCUT2D eigenvalue weighted by Gasteiger charge is 2.13. The summed E-state index contributed by atoms with van der Waals surface area (Å²) in [6.07, 6.45) is 0.998. The van der Waals surface area contributed by atoms with Gasteiger partial charge < -0.3 is 5.32 Å². The zero-order chi connectivity index (χ0) is 12.8. The molecular formula is C14H17BrN2S. The van der Waals surface area contributed by atoms with E-state index in [9.17, 15) is 0 Å². The highest BCUT2D eigenvalue weighted by atomic mass is 79.9. The van der Waals surface area contributed by atoms with Crippen LogP contribution in [-0.4, -0.2) is 18.1 Å². The molecule has 2 nitrogen and oxygen atoms in total. The monoisotopic (exact) mass is 324 g/mol. The molecule has 18 heavy (non-hydrogen) atoms. The lowest BCUT2D eigenvalue weighted by molar-refractivity contribution is 0.590. The van der Waals surface area contributed by atoms with Crippen molar-refractivity contribution in [2.45, 2.75) is 19.3 Å². The number of aromatic nitrogens is 1. The minimum absolute atomic E-state index is 0.486. The SMILES string of the molecule is CCNCC(Cc1cscn1)c1ccc(Br)cc1. The maximum absolute atomic E-state index is 4.39. The highest BCUT2D eigenvalue weighted by molar-refractivity contribution is 9.10. The van der Waals surface area contributed by atoms with Gasteiger partial charge in [-0.25, -0.2) is 4.98 Å². The van der Waals surface area contributed by atoms with Crippen LogP contribution in [0.4, 0.5) is 0 Å². The molecule has 0 saturated carbocycles. The standard InChI is InChI=1S/C14H17BrN2S/c1-2-16-8-12(7-14-9-18-10-17-14)11-3-5-13(15)6-4-11/h3-6,9-10,12,16H,2,7-8H2,1H3. The summed E-state index contributed by atoms with van der Waals surface area (Å²) in [4.78, 5) is 4.39. The molecule has 0 spiro atoms. The molecule has 0 bridgehead atoms. The van der Waals surface area contributed by atoms with Crippen LogP contribution in [0.2, 0.25) is 0 Å². The van der Waals surface area contributed by atoms with Gasteiger partial charge in [-0.3, -0.25) is 0 Å². The average Bonchev–Trinajstić information content (AvgIpc) is 2.88. The van der Waals surface area contributed by atoms with Gasteiger partial charge in [-0.05, 0) is 30.7 Å². The Morgan fingerprint density at radius 2 is 2.11 bits per heavy atom. The molecular weight excluding hydrogens is 308 g/mol. The van der Waals surface area contributed by atoms with Crippen molar-refractivity contribution in [1.82, 2.24) is 10.3 Å². The van der Waals surface area contributed by atoms with E-state index in [-0.39, 0.29) is 0 Å². The van der Waals surface area contributed by atoms with Crippen LogP contribution in [-0.2, 0) is 6.42 Å². The van der Waals surface area contributed by atoms with Crippen LogP contribution in [0.5, 0.6) is 0 Å². The minimum atomic E-state index is 0.486. The van der Waals surface area contributed by atoms with Gasteiger partial charge in [-0.15, -0.1) is 11.3 Å². The predicted molar refractivity (Wildman–Crippen MR) is 81.2 cm³/mol. The molecule has 0 aliphatic heterocycles. The van der Waals surface area contributed by atoms with Crippen molar-refractivity contribution in [2.75, 3.05) is 13.1 Å². The summed E-state index contributed by atoms with van der Waals surface area (Å²) in [5.74, 6) is 0.486. The predicted octanol–water partition coefficient (Wildman–Crippen LogP) is 3.84. The molecule has 1 aromatic carbocycles. The summed E-state index contributed by atoms with van der Waals surface area (Å²) in [6, 6.07) is 8.60. The third-order valence-corrected chi connectivity index (χ3v) is 4.09. The maximum atomic E-state index is 4.39. The second-order valence-electron chi connectivity index (χ2n) is 4.24. The summed E-state index contributed by atoms with van der Waals surface area (Å²) in [5.41, 5.74) is 4.46. The summed E-state index contributed by atoms with van der Waals surface area (Å²) in [7, 11) is 0. The first-order chi connectivity index (χ1) is 8.79. The topological polar surface area (TPSA) is 24.9 Å². The van der Waals surface area contributed by atoms with E-state index in [2.05, 4.69) is 62.8 Å². The molecule has 1 unspecified atom stereocenters. The van der Waals surface area contributed by atoms with Crippen LogP contribution in [0, 0.1) is 0 Å². The number of thiazole rings is 1. The van der Waals surface area contributed by atoms with E-state index in [0.29, 0.717) is 5.92 Å². The van der Waals surface area contributed by atoms with Crippen LogP contribution in [0.3, 0.4) is 0 Å². The minimum Gasteiger partial charge on any atom is -0.316 e. The summed E-state index contributed by atoms with van der Waals surface area (Å²) in [5, 5.41) is 5.57. The number of likely N-dealkylation sites (N-methyl/N-ethyl adjacent to an activating group) is 1. The molecule has 4 heteroatoms. The van der Waals surface area contributed by atoms with Crippen molar-refractivity contribution in [1.29, 1.82) is 0 Å². The number of nitrogens with one attached hydrogen (secondary N) is 1. The Labute approximate surface area is 121 Å². The van der Waals surface area contributed by atoms with Crippen LogP contribution >= 0.6 is 27.3 Å². The average molecular weight is 325 g/mol. The Balaban J connectivity index is 2.11. The van der Waals surface area contributed by atoms with Crippen molar-refractivity contribution in [3.63, 3.8) is 0 Å². The Kier molecular flexibility index (Phi) is 5.35. The first-order valence-corrected chi connectivity index (χ1v) is 7.86. The van der Waals surface area contributed by atoms with Gasteiger partial charge in [-0.2, -0.15) is 0 Å². The second-order valence-corrected chi connectivity index (χ2v) is 5.87. The van der Waals surface area contributed by atoms with Crippen molar-refractivity contribution in [3.8, 4) is 0 Å². The van der Waals surface area contributed by atoms with Gasteiger partial charge in [0.15, 0.2) is 0 Å². The molecule has 1 aromatic heterocycles. The maximum Gasteiger partial charge on any atom is 0.0794 e. The Bertz CT molecular complexity index is 453. The van der Waals surface area contributed by atoms with E-state index in [1.807, 2.05) is 5.51 Å². The van der Waals surface area contributed by atoms with E-state index in [1.165, 1.54) is 11.3 Å². The molecule has 2 rings (SSSR count). The molecule has 0 radical (unpaired) electrons. The lowest BCUT2D eigenvalue weighted by Crippen LogP contribution is -2.22. The molecule has 0 fully saturated rings. The van der Waals surface area contributed by atoms with Crippen LogP contribution < -0.4 is 5.32 Å². The van der Waals surface area contributed by atoms with Crippen molar-refractivity contribution >= 4 is 27.3 Å². The van der Waals surface area contributed by atoms with E-state index >= 15 is 0 Å². The Morgan fingerprint density at radius 3 is 2.72 bits per heavy atom. The van der Waals surface area contributed by atoms with Crippen molar-refractivity contribution < 1.29 is 0 Å². The molecule has 0 saturated heterocycles. The van der Waals surface area contributed by atoms with Crippen LogP contribution in [0.25, 0.3) is 0 Å². The van der Waals surface area contributed by atoms with Crippen molar-refractivity contribution in [3.05, 3.63) is 50.9 Å². The first kappa shape index (κ1) is 13.7. The summed E-state index contributed by atoms with van der Waals surface area (Å²) < 4.78 is 1.13. The third kappa shape index (κ3) is 3.90. The number of hydrogen-bond acceptors (Lipinski definition) is 3. The van der Waals surface area contributed by atoms with Gasteiger partial charge in [0.2, 0.25) is 0 Å². The molecule has 1 atom stereocenters. The fourth-order valence-electron chi connectivity index (χ4n) is 1.95. The largest absolute Gasteiger partial charge is 0.316 e. The van der Waals surface area contributed by atoms with Crippen molar-refractivity contribution in [2.24, 2.45) is 0 Å². The quantitative estimate of drug-likeness (QED) is 0.873. The van der Waals surface area contributed by atoms with Gasteiger partial charge >= 0.3 is 0 Å². The lowest BCUT2D eigenvalue weighted by Gasteiger charge is -2.17. The Morgan fingerprint density at radius 1 is 1.33 bits per heavy atom. The molecule has 0 amide bonds. The highest BCUT2D eigenvalue weighted by Crippen LogP contribution is 2.22. The zero-order valence-electron chi connectivity index (χ0n) is 10.4. The molecule has 96 valence electrons. The molecule has 1 N–H and O–H groups in total. The van der Waals surface area contributed by atoms with E-state index < -0.39 is 0 Å². The Hall–Kier alpha value is -0.710. The van der Waals surface area contributed by atoms with E-state index in [1.54, 1.807) is 11.3 Å². The number of nitrogens with zero attached hydrogens (tertiary/aromatic N) is 1. The zero-order valence-corrected chi connectivity index (χ0v) is 12.8. The molecule has 1 heterocycles. The number of halogens is 1. The number of rotatable bonds is 6. The van der Waals surface area contributed by atoms with E-state index in [0.717, 1.165) is 24.0 Å². The summed E-state index contributed by atoms with van der Waals surface area (Å²) >= 11 is 5.15. The second kappa shape index (κ2) is 7.02. The molecule has 2 aromatic rings. The fraction of sp³-hybridized carbons (Fsp3) is 0.357. The molecule has 0 aliphatic carbocycles. The third-order valence-electron chi connectivity index (χ3n) is 2.92. The fourth-order valence-corrected chi connectivity index (χ4v) is 2.79. The van der Waals surface area contributed by atoms with Crippen LogP contribution in [0.1, 0.15) is 24.1 Å². The normalized spacial score (nSPS) is 12.6. The van der Waals surface area contributed by atoms with Crippen LogP contribution in [0.15, 0.2) is 39.6 Å². The lowest BCUT2D eigenvalue weighted by atomic mass is 9.94. The van der Waals surface area contributed by atoms with E-state index in [4.69, 9.17) is 0 Å². The van der Waals surface area contributed by atoms with Gasteiger partial charge in [-0.1, -0.05) is 35.0 Å². The van der Waals surface area contributed by atoms with Gasteiger partial charge in [0.25, 0.3) is 0 Å². The first-order valence-electron chi connectivity index (χ1n) is 6.13. The smallest absolute Gasteiger partial charge is 0.0794 e. The van der Waals surface area contributed by atoms with Gasteiger partial charge in [0.05, 0.1) is 11.2 Å². The van der Waals surface area contributed by atoms with Gasteiger partial charge in [0, 0.05) is 22.3 Å². The number of hydrogen-bond donors (Lipinski definition) is 1. The number of benzene rings is 1. The van der Waals surface area contributed by atoms with Gasteiger partial charge in [0.1, 0.15) is 0 Å². The molecule has 0 aliphatic rings.